The van der Waals surface area contributed by atoms with Crippen LogP contribution in [0.15, 0.2) is 4.47 Å². The zero-order valence-corrected chi connectivity index (χ0v) is 13.1. The van der Waals surface area contributed by atoms with Crippen LogP contribution in [-0.4, -0.2) is 26.5 Å². The lowest BCUT2D eigenvalue weighted by Gasteiger charge is -1.97. The minimum atomic E-state index is 0.838. The molecule has 0 aliphatic carbocycles. The largest absolute Gasteiger partial charge is 0.360 e. The number of aromatic nitrogens is 4. The van der Waals surface area contributed by atoms with E-state index < -0.39 is 0 Å². The summed E-state index contributed by atoms with van der Waals surface area (Å²) in [7, 11) is 1.92. The Kier molecular flexibility index (Phi) is 4.34. The molecule has 5 nitrogen and oxygen atoms in total. The van der Waals surface area contributed by atoms with Crippen LogP contribution in [0.1, 0.15) is 25.5 Å². The number of rotatable bonds is 5. The predicted octanol–water partition coefficient (Wildman–Crippen LogP) is 3.22. The monoisotopic (exact) mass is 329 g/mol. The Balaban J connectivity index is 2.16. The van der Waals surface area contributed by atoms with Gasteiger partial charge in [-0.3, -0.25) is 4.68 Å². The molecule has 0 radical (unpaired) electrons. The lowest BCUT2D eigenvalue weighted by atomic mass is 10.3. The molecule has 18 heavy (non-hydrogen) atoms. The summed E-state index contributed by atoms with van der Waals surface area (Å²) in [4.78, 5) is 0. The fraction of sp³-hybridized carbons (Fsp3) is 0.545. The molecule has 1 N–H and O–H groups in total. The molecule has 0 bridgehead atoms. The van der Waals surface area contributed by atoms with Gasteiger partial charge < -0.3 is 5.32 Å². The van der Waals surface area contributed by atoms with E-state index in [9.17, 15) is 0 Å². The number of unbranched alkanes of at least 4 members (excludes halogenated alkanes) is 1. The lowest BCUT2D eigenvalue weighted by molar-refractivity contribution is 0.741. The highest BCUT2D eigenvalue weighted by Gasteiger charge is 2.16. The van der Waals surface area contributed by atoms with Gasteiger partial charge in [-0.1, -0.05) is 24.7 Å². The van der Waals surface area contributed by atoms with Crippen molar-refractivity contribution in [3.8, 4) is 10.7 Å². The van der Waals surface area contributed by atoms with Gasteiger partial charge in [0.25, 0.3) is 0 Å². The standard InChI is InChI=1S/C11H16BrN5S/c1-4-5-6-13-11-15-14-10(18-11)9-8(12)7(2)17(3)16-9/h4-6H2,1-3H3,(H,13,15). The average Bonchev–Trinajstić information content (AvgIpc) is 2.91. The maximum atomic E-state index is 4.44. The van der Waals surface area contributed by atoms with E-state index in [0.29, 0.717) is 0 Å². The maximum Gasteiger partial charge on any atom is 0.206 e. The van der Waals surface area contributed by atoms with Crippen molar-refractivity contribution in [1.82, 2.24) is 20.0 Å². The average molecular weight is 330 g/mol. The molecule has 0 saturated carbocycles. The third kappa shape index (κ3) is 2.72. The highest BCUT2D eigenvalue weighted by molar-refractivity contribution is 9.10. The van der Waals surface area contributed by atoms with Crippen LogP contribution >= 0.6 is 27.3 Å². The fourth-order valence-corrected chi connectivity index (χ4v) is 2.90. The topological polar surface area (TPSA) is 55.6 Å². The molecule has 2 rings (SSSR count). The van der Waals surface area contributed by atoms with Crippen LogP contribution in [0.4, 0.5) is 5.13 Å². The molecule has 2 heterocycles. The first kappa shape index (κ1) is 13.5. The molecule has 0 saturated heterocycles. The lowest BCUT2D eigenvalue weighted by Crippen LogP contribution is -1.99. The van der Waals surface area contributed by atoms with E-state index in [1.54, 1.807) is 0 Å². The quantitative estimate of drug-likeness (QED) is 0.855. The van der Waals surface area contributed by atoms with Crippen molar-refractivity contribution in [3.63, 3.8) is 0 Å². The van der Waals surface area contributed by atoms with Crippen molar-refractivity contribution in [1.29, 1.82) is 0 Å². The van der Waals surface area contributed by atoms with E-state index in [1.165, 1.54) is 17.8 Å². The maximum absolute atomic E-state index is 4.44. The molecule has 0 fully saturated rings. The second kappa shape index (κ2) is 5.79. The Morgan fingerprint density at radius 3 is 2.78 bits per heavy atom. The summed E-state index contributed by atoms with van der Waals surface area (Å²) in [6.07, 6.45) is 2.31. The van der Waals surface area contributed by atoms with Crippen molar-refractivity contribution in [2.45, 2.75) is 26.7 Å². The number of hydrogen-bond acceptors (Lipinski definition) is 5. The van der Waals surface area contributed by atoms with E-state index in [0.717, 1.165) is 39.0 Å². The Morgan fingerprint density at radius 2 is 2.17 bits per heavy atom. The van der Waals surface area contributed by atoms with Gasteiger partial charge in [-0.05, 0) is 29.3 Å². The smallest absolute Gasteiger partial charge is 0.206 e. The van der Waals surface area contributed by atoms with Gasteiger partial charge in [-0.25, -0.2) is 0 Å². The van der Waals surface area contributed by atoms with E-state index in [-0.39, 0.29) is 0 Å². The van der Waals surface area contributed by atoms with Crippen molar-refractivity contribution in [2.75, 3.05) is 11.9 Å². The van der Waals surface area contributed by atoms with Crippen molar-refractivity contribution >= 4 is 32.4 Å². The Hall–Kier alpha value is -0.950. The van der Waals surface area contributed by atoms with Crippen molar-refractivity contribution < 1.29 is 0 Å². The van der Waals surface area contributed by atoms with E-state index in [4.69, 9.17) is 0 Å². The van der Waals surface area contributed by atoms with Crippen molar-refractivity contribution in [3.05, 3.63) is 10.2 Å². The molecular formula is C11H16BrN5S. The number of nitrogens with one attached hydrogen (secondary N) is 1. The number of halogens is 1. The zero-order valence-electron chi connectivity index (χ0n) is 10.7. The Morgan fingerprint density at radius 1 is 1.39 bits per heavy atom. The van der Waals surface area contributed by atoms with Gasteiger partial charge in [-0.2, -0.15) is 5.10 Å². The number of hydrogen-bond donors (Lipinski definition) is 1. The first-order valence-electron chi connectivity index (χ1n) is 5.90. The first-order chi connectivity index (χ1) is 8.63. The van der Waals surface area contributed by atoms with Gasteiger partial charge in [0.15, 0.2) is 5.01 Å². The molecule has 0 atom stereocenters. The van der Waals surface area contributed by atoms with Gasteiger partial charge in [-0.15, -0.1) is 10.2 Å². The molecule has 0 aromatic carbocycles. The van der Waals surface area contributed by atoms with Crippen LogP contribution < -0.4 is 5.32 Å². The van der Waals surface area contributed by atoms with E-state index in [2.05, 4.69) is 43.5 Å². The summed E-state index contributed by atoms with van der Waals surface area (Å²) < 4.78 is 2.83. The summed E-state index contributed by atoms with van der Waals surface area (Å²) in [5.41, 5.74) is 1.94. The van der Waals surface area contributed by atoms with Gasteiger partial charge in [0.2, 0.25) is 5.13 Å². The van der Waals surface area contributed by atoms with Crippen LogP contribution in [0.3, 0.4) is 0 Å². The summed E-state index contributed by atoms with van der Waals surface area (Å²) in [5, 5.41) is 17.7. The third-order valence-electron chi connectivity index (χ3n) is 2.70. The molecule has 2 aromatic heterocycles. The van der Waals surface area contributed by atoms with Crippen molar-refractivity contribution in [2.24, 2.45) is 7.05 Å². The molecule has 0 spiro atoms. The Bertz CT molecular complexity index is 534. The van der Waals surface area contributed by atoms with Crippen LogP contribution in [0, 0.1) is 6.92 Å². The zero-order chi connectivity index (χ0) is 13.1. The molecule has 0 unspecified atom stereocenters. The number of nitrogens with zero attached hydrogens (tertiary/aromatic N) is 4. The van der Waals surface area contributed by atoms with Crippen LogP contribution in [-0.2, 0) is 7.05 Å². The van der Waals surface area contributed by atoms with Gasteiger partial charge in [0.05, 0.1) is 4.47 Å². The molecule has 7 heteroatoms. The Labute approximate surface area is 119 Å². The van der Waals surface area contributed by atoms with Crippen LogP contribution in [0.25, 0.3) is 10.7 Å². The molecule has 0 aliphatic rings. The minimum Gasteiger partial charge on any atom is -0.360 e. The van der Waals surface area contributed by atoms with Gasteiger partial charge in [0.1, 0.15) is 5.69 Å². The van der Waals surface area contributed by atoms with E-state index in [1.807, 2.05) is 18.7 Å². The van der Waals surface area contributed by atoms with E-state index >= 15 is 0 Å². The summed E-state index contributed by atoms with van der Waals surface area (Å²) in [6, 6.07) is 0. The molecule has 0 amide bonds. The van der Waals surface area contributed by atoms with Gasteiger partial charge >= 0.3 is 0 Å². The van der Waals surface area contributed by atoms with Crippen LogP contribution in [0.5, 0.6) is 0 Å². The highest BCUT2D eigenvalue weighted by Crippen LogP contribution is 2.32. The molecule has 98 valence electrons. The summed E-state index contributed by atoms with van der Waals surface area (Å²) >= 11 is 5.08. The van der Waals surface area contributed by atoms with Gasteiger partial charge in [0, 0.05) is 19.3 Å². The molecule has 0 aliphatic heterocycles. The molecule has 2 aromatic rings. The number of aryl methyl sites for hydroxylation is 1. The highest BCUT2D eigenvalue weighted by atomic mass is 79.9. The number of anilines is 1. The third-order valence-corrected chi connectivity index (χ3v) is 4.53. The second-order valence-corrected chi connectivity index (χ2v) is 5.83. The second-order valence-electron chi connectivity index (χ2n) is 4.06. The fourth-order valence-electron chi connectivity index (χ4n) is 1.48. The predicted molar refractivity (Wildman–Crippen MR) is 77.9 cm³/mol. The molecular weight excluding hydrogens is 314 g/mol. The minimum absolute atomic E-state index is 0.838. The summed E-state index contributed by atoms with van der Waals surface area (Å²) in [6.45, 7) is 5.12. The first-order valence-corrected chi connectivity index (χ1v) is 7.51. The SMILES string of the molecule is CCCCNc1nnc(-c2nn(C)c(C)c2Br)s1. The normalized spacial score (nSPS) is 10.9. The van der Waals surface area contributed by atoms with Crippen LogP contribution in [0.2, 0.25) is 0 Å². The summed E-state index contributed by atoms with van der Waals surface area (Å²) in [5.74, 6) is 0.